The summed E-state index contributed by atoms with van der Waals surface area (Å²) in [5.41, 5.74) is 0. The van der Waals surface area contributed by atoms with Crippen LogP contribution in [0, 0.1) is 11.3 Å². The molecule has 0 heterocycles. The average molecular weight is 115 g/mol. The SMILES string of the molecule is CCC#N.CCCO. The minimum atomic E-state index is 0.319. The molecule has 8 heavy (non-hydrogen) atoms. The minimum Gasteiger partial charge on any atom is -0.396 e. The van der Waals surface area contributed by atoms with E-state index >= 15 is 0 Å². The molecule has 0 aliphatic carbocycles. The van der Waals surface area contributed by atoms with Crippen molar-refractivity contribution in [2.45, 2.75) is 26.7 Å². The van der Waals surface area contributed by atoms with E-state index in [-0.39, 0.29) is 0 Å². The van der Waals surface area contributed by atoms with E-state index in [0.717, 1.165) is 6.42 Å². The molecule has 0 fully saturated rings. The molecular formula is C6H13NO. The zero-order chi connectivity index (χ0) is 6.83. The highest BCUT2D eigenvalue weighted by molar-refractivity contribution is 4.61. The van der Waals surface area contributed by atoms with Crippen LogP contribution in [-0.2, 0) is 0 Å². The summed E-state index contributed by atoms with van der Waals surface area (Å²) < 4.78 is 0. The molecule has 1 N–H and O–H groups in total. The fourth-order valence-electron chi connectivity index (χ4n) is 0. The Kier molecular flexibility index (Phi) is 21.0. The van der Waals surface area contributed by atoms with Gasteiger partial charge in [0.2, 0.25) is 0 Å². The van der Waals surface area contributed by atoms with Crippen molar-refractivity contribution in [3.63, 3.8) is 0 Å². The van der Waals surface area contributed by atoms with Gasteiger partial charge in [0.05, 0.1) is 6.07 Å². The van der Waals surface area contributed by atoms with Crippen molar-refractivity contribution >= 4 is 0 Å². The van der Waals surface area contributed by atoms with Gasteiger partial charge in [0.1, 0.15) is 0 Å². The molecule has 48 valence electrons. The van der Waals surface area contributed by atoms with Gasteiger partial charge < -0.3 is 5.11 Å². The lowest BCUT2D eigenvalue weighted by atomic mass is 10.5. The van der Waals surface area contributed by atoms with E-state index in [4.69, 9.17) is 10.4 Å². The summed E-state index contributed by atoms with van der Waals surface area (Å²) >= 11 is 0. The maximum absolute atomic E-state index is 7.88. The fraction of sp³-hybridized carbons (Fsp3) is 0.833. The Balaban J connectivity index is 0. The second kappa shape index (κ2) is 16.1. The van der Waals surface area contributed by atoms with E-state index in [1.807, 2.05) is 19.9 Å². The van der Waals surface area contributed by atoms with Crippen LogP contribution in [0.25, 0.3) is 0 Å². The molecule has 0 amide bonds. The molecule has 0 rings (SSSR count). The predicted octanol–water partition coefficient (Wildman–Crippen LogP) is 1.31. The van der Waals surface area contributed by atoms with Crippen molar-refractivity contribution in [2.75, 3.05) is 6.61 Å². The first-order valence-electron chi connectivity index (χ1n) is 2.81. The lowest BCUT2D eigenvalue weighted by Gasteiger charge is -1.69. The summed E-state index contributed by atoms with van der Waals surface area (Å²) in [6.07, 6.45) is 1.50. The summed E-state index contributed by atoms with van der Waals surface area (Å²) in [5, 5.41) is 15.5. The first-order chi connectivity index (χ1) is 3.83. The molecule has 0 aromatic heterocycles. The van der Waals surface area contributed by atoms with E-state index in [1.165, 1.54) is 0 Å². The Labute approximate surface area is 50.8 Å². The standard InChI is InChI=1S/C3H5N.C3H8O/c2*1-2-3-4/h2H2,1H3;4H,2-3H2,1H3. The van der Waals surface area contributed by atoms with Crippen LogP contribution in [0.15, 0.2) is 0 Å². The number of hydrogen-bond donors (Lipinski definition) is 1. The van der Waals surface area contributed by atoms with Gasteiger partial charge in [-0.05, 0) is 6.42 Å². The smallest absolute Gasteiger partial charge is 0.0618 e. The molecule has 0 aromatic carbocycles. The largest absolute Gasteiger partial charge is 0.396 e. The molecule has 0 aliphatic heterocycles. The molecule has 0 radical (unpaired) electrons. The van der Waals surface area contributed by atoms with Gasteiger partial charge in [-0.2, -0.15) is 5.26 Å². The molecule has 0 aliphatic rings. The van der Waals surface area contributed by atoms with Gasteiger partial charge in [-0.25, -0.2) is 0 Å². The molecule has 2 nitrogen and oxygen atoms in total. The van der Waals surface area contributed by atoms with Crippen molar-refractivity contribution < 1.29 is 5.11 Å². The van der Waals surface area contributed by atoms with Crippen LogP contribution in [0.1, 0.15) is 26.7 Å². The van der Waals surface area contributed by atoms with E-state index in [2.05, 4.69) is 0 Å². The monoisotopic (exact) mass is 115 g/mol. The molecule has 0 atom stereocenters. The lowest BCUT2D eigenvalue weighted by molar-refractivity contribution is 0.295. The Hall–Kier alpha value is -0.550. The minimum absolute atomic E-state index is 0.319. The van der Waals surface area contributed by atoms with E-state index in [1.54, 1.807) is 0 Å². The van der Waals surface area contributed by atoms with Crippen molar-refractivity contribution in [1.29, 1.82) is 5.26 Å². The summed E-state index contributed by atoms with van der Waals surface area (Å²) in [4.78, 5) is 0. The summed E-state index contributed by atoms with van der Waals surface area (Å²) in [5.74, 6) is 0. The Morgan fingerprint density at radius 3 is 1.75 bits per heavy atom. The molecular weight excluding hydrogens is 102 g/mol. The van der Waals surface area contributed by atoms with Crippen molar-refractivity contribution in [2.24, 2.45) is 0 Å². The molecule has 0 spiro atoms. The molecule has 0 saturated carbocycles. The topological polar surface area (TPSA) is 44.0 Å². The number of aliphatic hydroxyl groups is 1. The second-order valence-corrected chi connectivity index (χ2v) is 1.24. The summed E-state index contributed by atoms with van der Waals surface area (Å²) in [7, 11) is 0. The maximum atomic E-state index is 7.88. The normalized spacial score (nSPS) is 6.25. The summed E-state index contributed by atoms with van der Waals surface area (Å²) in [6.45, 7) is 4.07. The zero-order valence-corrected chi connectivity index (χ0v) is 5.52. The second-order valence-electron chi connectivity index (χ2n) is 1.24. The number of nitrogens with zero attached hydrogens (tertiary/aromatic N) is 1. The van der Waals surface area contributed by atoms with Gasteiger partial charge in [-0.15, -0.1) is 0 Å². The van der Waals surface area contributed by atoms with E-state index < -0.39 is 0 Å². The maximum Gasteiger partial charge on any atom is 0.0618 e. The van der Waals surface area contributed by atoms with Gasteiger partial charge in [-0.1, -0.05) is 13.8 Å². The Morgan fingerprint density at radius 1 is 1.50 bits per heavy atom. The quantitative estimate of drug-likeness (QED) is 0.560. The average Bonchev–Trinajstić information content (AvgIpc) is 1.88. The van der Waals surface area contributed by atoms with Crippen LogP contribution >= 0.6 is 0 Å². The van der Waals surface area contributed by atoms with Crippen LogP contribution in [0.4, 0.5) is 0 Å². The first kappa shape index (κ1) is 10.4. The first-order valence-corrected chi connectivity index (χ1v) is 2.81. The van der Waals surface area contributed by atoms with E-state index in [9.17, 15) is 0 Å². The van der Waals surface area contributed by atoms with Gasteiger partial charge in [0.15, 0.2) is 0 Å². The fourth-order valence-corrected chi connectivity index (χ4v) is 0. The number of aliphatic hydroxyl groups excluding tert-OH is 1. The molecule has 2 heteroatoms. The van der Waals surface area contributed by atoms with Crippen LogP contribution in [0.5, 0.6) is 0 Å². The number of nitriles is 1. The molecule has 0 saturated heterocycles. The summed E-state index contributed by atoms with van der Waals surface area (Å²) in [6, 6.07) is 1.93. The third-order valence-electron chi connectivity index (χ3n) is 0.382. The van der Waals surface area contributed by atoms with Gasteiger partial charge in [0, 0.05) is 13.0 Å². The van der Waals surface area contributed by atoms with Gasteiger partial charge in [0.25, 0.3) is 0 Å². The van der Waals surface area contributed by atoms with Crippen LogP contribution in [-0.4, -0.2) is 11.7 Å². The Bertz CT molecular complexity index is 54.0. The number of rotatable bonds is 1. The highest BCUT2D eigenvalue weighted by atomic mass is 16.2. The Morgan fingerprint density at radius 2 is 1.75 bits per heavy atom. The third kappa shape index (κ3) is 51.3. The van der Waals surface area contributed by atoms with Crippen molar-refractivity contribution in [1.82, 2.24) is 0 Å². The van der Waals surface area contributed by atoms with Gasteiger partial charge >= 0.3 is 0 Å². The predicted molar refractivity (Wildman–Crippen MR) is 33.3 cm³/mol. The third-order valence-corrected chi connectivity index (χ3v) is 0.382. The zero-order valence-electron chi connectivity index (χ0n) is 5.52. The van der Waals surface area contributed by atoms with E-state index in [0.29, 0.717) is 13.0 Å². The van der Waals surface area contributed by atoms with Crippen LogP contribution < -0.4 is 0 Å². The lowest BCUT2D eigenvalue weighted by Crippen LogP contribution is -1.69. The highest BCUT2D eigenvalue weighted by Crippen LogP contribution is 1.61. The van der Waals surface area contributed by atoms with Crippen LogP contribution in [0.3, 0.4) is 0 Å². The molecule has 0 aromatic rings. The molecule has 0 unspecified atom stereocenters. The van der Waals surface area contributed by atoms with Crippen molar-refractivity contribution in [3.05, 3.63) is 0 Å². The highest BCUT2D eigenvalue weighted by Gasteiger charge is 1.57. The van der Waals surface area contributed by atoms with Gasteiger partial charge in [-0.3, -0.25) is 0 Å². The molecule has 0 bridgehead atoms. The number of hydrogen-bond acceptors (Lipinski definition) is 2. The van der Waals surface area contributed by atoms with Crippen LogP contribution in [0.2, 0.25) is 0 Å². The van der Waals surface area contributed by atoms with Crippen molar-refractivity contribution in [3.8, 4) is 6.07 Å².